The molecule has 16 heavy (non-hydrogen) atoms. The van der Waals surface area contributed by atoms with Crippen molar-refractivity contribution in [2.75, 3.05) is 19.8 Å². The number of carbonyl (C=O) groups excluding carboxylic acids is 1. The summed E-state index contributed by atoms with van der Waals surface area (Å²) in [6.07, 6.45) is 1.57. The van der Waals surface area contributed by atoms with Gasteiger partial charge in [0.15, 0.2) is 0 Å². The summed E-state index contributed by atoms with van der Waals surface area (Å²) in [5.41, 5.74) is -0.839. The first-order valence-electron chi connectivity index (χ1n) is 5.94. The van der Waals surface area contributed by atoms with E-state index in [4.69, 9.17) is 4.74 Å². The number of carbonyl (C=O) groups is 1. The van der Waals surface area contributed by atoms with Gasteiger partial charge in [-0.05, 0) is 25.7 Å². The van der Waals surface area contributed by atoms with Crippen LogP contribution in [0.5, 0.6) is 0 Å². The van der Waals surface area contributed by atoms with Gasteiger partial charge in [0.2, 0.25) is 5.91 Å². The van der Waals surface area contributed by atoms with Gasteiger partial charge in [0.05, 0.1) is 5.60 Å². The number of ether oxygens (including phenoxy) is 1. The van der Waals surface area contributed by atoms with Gasteiger partial charge in [-0.25, -0.2) is 0 Å². The summed E-state index contributed by atoms with van der Waals surface area (Å²) < 4.78 is 5.10. The van der Waals surface area contributed by atoms with Crippen LogP contribution < -0.4 is 5.32 Å². The van der Waals surface area contributed by atoms with E-state index in [1.807, 2.05) is 20.8 Å². The Morgan fingerprint density at radius 3 is 2.62 bits per heavy atom. The van der Waals surface area contributed by atoms with Crippen LogP contribution in [0.3, 0.4) is 0 Å². The summed E-state index contributed by atoms with van der Waals surface area (Å²) in [4.78, 5) is 11.3. The van der Waals surface area contributed by atoms with Crippen molar-refractivity contribution >= 4 is 5.91 Å². The van der Waals surface area contributed by atoms with Crippen molar-refractivity contribution in [3.63, 3.8) is 0 Å². The Morgan fingerprint density at radius 1 is 1.50 bits per heavy atom. The lowest BCUT2D eigenvalue weighted by atomic mass is 9.94. The molecule has 0 spiro atoms. The monoisotopic (exact) mass is 231 g/mol. The van der Waals surface area contributed by atoms with E-state index in [2.05, 4.69) is 5.32 Å². The van der Waals surface area contributed by atoms with Gasteiger partial charge in [0.25, 0.3) is 0 Å². The predicted molar refractivity (Wildman–Crippen MR) is 64.2 cm³/mol. The summed E-state index contributed by atoms with van der Waals surface area (Å²) in [5, 5.41) is 12.6. The van der Waals surface area contributed by atoms with Gasteiger partial charge in [-0.1, -0.05) is 20.8 Å². The Morgan fingerprint density at radius 2 is 2.12 bits per heavy atom. The van der Waals surface area contributed by atoms with E-state index >= 15 is 0 Å². The minimum absolute atomic E-state index is 0.0750. The number of amides is 1. The Bertz CT molecular complexity index is 202. The third-order valence-electron chi connectivity index (χ3n) is 2.10. The molecular formula is C12H25NO3. The molecule has 0 aliphatic rings. The van der Waals surface area contributed by atoms with E-state index in [9.17, 15) is 9.90 Å². The lowest BCUT2D eigenvalue weighted by Gasteiger charge is -2.25. The molecule has 0 rings (SSSR count). The van der Waals surface area contributed by atoms with Crippen molar-refractivity contribution in [2.24, 2.45) is 5.92 Å². The molecule has 1 unspecified atom stereocenters. The lowest BCUT2D eigenvalue weighted by Crippen LogP contribution is -2.42. The zero-order chi connectivity index (χ0) is 12.6. The highest BCUT2D eigenvalue weighted by atomic mass is 16.5. The third kappa shape index (κ3) is 8.68. The van der Waals surface area contributed by atoms with Crippen LogP contribution in [0.1, 0.15) is 40.5 Å². The number of aliphatic hydroxyl groups is 1. The smallest absolute Gasteiger partial charge is 0.246 e. The van der Waals surface area contributed by atoms with Crippen molar-refractivity contribution in [1.82, 2.24) is 5.32 Å². The van der Waals surface area contributed by atoms with E-state index in [0.717, 1.165) is 6.42 Å². The van der Waals surface area contributed by atoms with Crippen LogP contribution in [0.15, 0.2) is 0 Å². The molecule has 2 N–H and O–H groups in total. The van der Waals surface area contributed by atoms with Crippen molar-refractivity contribution in [3.8, 4) is 0 Å². The van der Waals surface area contributed by atoms with Gasteiger partial charge in [-0.2, -0.15) is 0 Å². The highest BCUT2D eigenvalue weighted by Gasteiger charge is 2.22. The molecule has 0 fully saturated rings. The van der Waals surface area contributed by atoms with Crippen molar-refractivity contribution < 1.29 is 14.6 Å². The summed E-state index contributed by atoms with van der Waals surface area (Å²) in [7, 11) is 0. The fraction of sp³-hybridized carbons (Fsp3) is 0.917. The number of hydrogen-bond donors (Lipinski definition) is 2. The van der Waals surface area contributed by atoms with Crippen LogP contribution in [0.2, 0.25) is 0 Å². The second-order valence-corrected chi connectivity index (χ2v) is 4.92. The molecule has 1 atom stereocenters. The fourth-order valence-electron chi connectivity index (χ4n) is 1.60. The first-order valence-corrected chi connectivity index (χ1v) is 5.94. The zero-order valence-corrected chi connectivity index (χ0v) is 10.9. The van der Waals surface area contributed by atoms with Gasteiger partial charge in [-0.3, -0.25) is 4.79 Å². The minimum atomic E-state index is -0.839. The van der Waals surface area contributed by atoms with Crippen LogP contribution >= 0.6 is 0 Å². The number of rotatable bonds is 8. The average molecular weight is 231 g/mol. The van der Waals surface area contributed by atoms with Crippen LogP contribution in [0.4, 0.5) is 0 Å². The van der Waals surface area contributed by atoms with Gasteiger partial charge in [0, 0.05) is 13.2 Å². The second kappa shape index (κ2) is 7.63. The van der Waals surface area contributed by atoms with Crippen LogP contribution in [-0.2, 0) is 9.53 Å². The maximum Gasteiger partial charge on any atom is 0.246 e. The van der Waals surface area contributed by atoms with Crippen molar-refractivity contribution in [1.29, 1.82) is 0 Å². The first kappa shape index (κ1) is 15.4. The molecule has 0 bridgehead atoms. The number of nitrogens with one attached hydrogen (secondary N) is 1. The van der Waals surface area contributed by atoms with E-state index < -0.39 is 5.60 Å². The fourth-order valence-corrected chi connectivity index (χ4v) is 1.60. The topological polar surface area (TPSA) is 58.6 Å². The Balaban J connectivity index is 3.72. The molecule has 0 saturated heterocycles. The summed E-state index contributed by atoms with van der Waals surface area (Å²) in [6.45, 7) is 8.76. The standard InChI is InChI=1S/C12H25NO3/c1-5-6-16-8-11(14)13-9-12(4,15)7-10(2)3/h10,15H,5-9H2,1-4H3,(H,13,14). The first-order chi connectivity index (χ1) is 7.37. The molecule has 0 saturated carbocycles. The van der Waals surface area contributed by atoms with Gasteiger partial charge in [0.1, 0.15) is 6.61 Å². The van der Waals surface area contributed by atoms with Crippen molar-refractivity contribution in [2.45, 2.75) is 46.1 Å². The van der Waals surface area contributed by atoms with Crippen molar-refractivity contribution in [3.05, 3.63) is 0 Å². The maximum atomic E-state index is 11.3. The molecule has 0 aliphatic heterocycles. The molecule has 0 aromatic heterocycles. The predicted octanol–water partition coefficient (Wildman–Crippen LogP) is 1.33. The van der Waals surface area contributed by atoms with E-state index in [-0.39, 0.29) is 19.1 Å². The van der Waals surface area contributed by atoms with E-state index in [0.29, 0.717) is 18.9 Å². The number of hydrogen-bond acceptors (Lipinski definition) is 3. The molecule has 0 aliphatic carbocycles. The molecule has 4 nitrogen and oxygen atoms in total. The van der Waals surface area contributed by atoms with Crippen LogP contribution in [0.25, 0.3) is 0 Å². The van der Waals surface area contributed by atoms with E-state index in [1.54, 1.807) is 6.92 Å². The maximum absolute atomic E-state index is 11.3. The molecule has 0 aromatic carbocycles. The Labute approximate surface area is 98.4 Å². The normalized spacial score (nSPS) is 14.9. The van der Waals surface area contributed by atoms with Crippen LogP contribution in [-0.4, -0.2) is 36.4 Å². The second-order valence-electron chi connectivity index (χ2n) is 4.92. The minimum Gasteiger partial charge on any atom is -0.388 e. The van der Waals surface area contributed by atoms with Crippen LogP contribution in [0, 0.1) is 5.92 Å². The largest absolute Gasteiger partial charge is 0.388 e. The molecule has 96 valence electrons. The highest BCUT2D eigenvalue weighted by molar-refractivity contribution is 5.77. The SMILES string of the molecule is CCCOCC(=O)NCC(C)(O)CC(C)C. The van der Waals surface area contributed by atoms with Gasteiger partial charge >= 0.3 is 0 Å². The lowest BCUT2D eigenvalue weighted by molar-refractivity contribution is -0.127. The molecule has 0 radical (unpaired) electrons. The quantitative estimate of drug-likeness (QED) is 0.620. The molecular weight excluding hydrogens is 206 g/mol. The van der Waals surface area contributed by atoms with Gasteiger partial charge < -0.3 is 15.2 Å². The Hall–Kier alpha value is -0.610. The Kier molecular flexibility index (Phi) is 7.34. The molecule has 0 heterocycles. The summed E-state index contributed by atoms with van der Waals surface area (Å²) in [6, 6.07) is 0. The van der Waals surface area contributed by atoms with Gasteiger partial charge in [-0.15, -0.1) is 0 Å². The summed E-state index contributed by atoms with van der Waals surface area (Å²) in [5.74, 6) is 0.237. The highest BCUT2D eigenvalue weighted by Crippen LogP contribution is 2.14. The molecule has 4 heteroatoms. The molecule has 0 aromatic rings. The third-order valence-corrected chi connectivity index (χ3v) is 2.10. The van der Waals surface area contributed by atoms with E-state index in [1.165, 1.54) is 0 Å². The molecule has 1 amide bonds. The zero-order valence-electron chi connectivity index (χ0n) is 10.9. The average Bonchev–Trinajstić information content (AvgIpc) is 2.13. The summed E-state index contributed by atoms with van der Waals surface area (Å²) >= 11 is 0.